The van der Waals surface area contributed by atoms with Crippen LogP contribution in [0.3, 0.4) is 0 Å². The Bertz CT molecular complexity index is 586. The molecule has 1 fully saturated rings. The molecule has 2 rings (SSSR count). The average molecular weight is 317 g/mol. The minimum atomic E-state index is -0.984. The third-order valence-electron chi connectivity index (χ3n) is 4.07. The van der Waals surface area contributed by atoms with Crippen molar-refractivity contribution in [3.8, 4) is 0 Å². The van der Waals surface area contributed by atoms with Gasteiger partial charge >= 0.3 is 5.97 Å². The number of esters is 1. The first-order valence-electron chi connectivity index (χ1n) is 8.04. The van der Waals surface area contributed by atoms with E-state index in [-0.39, 0.29) is 11.5 Å². The molecule has 1 unspecified atom stereocenters. The van der Waals surface area contributed by atoms with Gasteiger partial charge in [0.25, 0.3) is 11.7 Å². The molecule has 1 aromatic carbocycles. The minimum Gasteiger partial charge on any atom is -0.447 e. The Labute approximate surface area is 136 Å². The van der Waals surface area contributed by atoms with Crippen LogP contribution in [0.15, 0.2) is 24.3 Å². The maximum atomic E-state index is 12.1. The number of rotatable bonds is 5. The Morgan fingerprint density at radius 1 is 1.00 bits per heavy atom. The Kier molecular flexibility index (Phi) is 5.53. The number of amides is 1. The lowest BCUT2D eigenvalue weighted by Gasteiger charge is -2.20. The highest BCUT2D eigenvalue weighted by Crippen LogP contribution is 2.16. The van der Waals surface area contributed by atoms with Crippen LogP contribution in [0.2, 0.25) is 0 Å². The second kappa shape index (κ2) is 7.40. The minimum absolute atomic E-state index is 0.237. The molecule has 1 amide bonds. The van der Waals surface area contributed by atoms with E-state index in [0.29, 0.717) is 19.0 Å². The van der Waals surface area contributed by atoms with Gasteiger partial charge in [0, 0.05) is 18.7 Å². The van der Waals surface area contributed by atoms with Crippen molar-refractivity contribution in [3.05, 3.63) is 35.4 Å². The summed E-state index contributed by atoms with van der Waals surface area (Å²) in [7, 11) is 0. The zero-order valence-electron chi connectivity index (χ0n) is 13.9. The summed E-state index contributed by atoms with van der Waals surface area (Å²) in [5.41, 5.74) is 1.37. The van der Waals surface area contributed by atoms with Crippen molar-refractivity contribution in [1.29, 1.82) is 0 Å². The Balaban J connectivity index is 1.96. The number of benzene rings is 1. The van der Waals surface area contributed by atoms with Crippen LogP contribution >= 0.6 is 0 Å². The summed E-state index contributed by atoms with van der Waals surface area (Å²) in [6.07, 6.45) is 1.00. The number of ketones is 1. The van der Waals surface area contributed by atoms with Gasteiger partial charge in [-0.05, 0) is 31.2 Å². The number of carbonyl (C=O) groups excluding carboxylic acids is 3. The van der Waals surface area contributed by atoms with E-state index in [4.69, 9.17) is 4.74 Å². The lowest BCUT2D eigenvalue weighted by Crippen LogP contribution is -2.39. The van der Waals surface area contributed by atoms with Gasteiger partial charge in [-0.1, -0.05) is 38.1 Å². The van der Waals surface area contributed by atoms with Crippen LogP contribution in [0.25, 0.3) is 0 Å². The molecule has 1 saturated heterocycles. The van der Waals surface area contributed by atoms with Gasteiger partial charge in [0.2, 0.25) is 0 Å². The lowest BCUT2D eigenvalue weighted by molar-refractivity contribution is -0.154. The van der Waals surface area contributed by atoms with Gasteiger partial charge in [0.15, 0.2) is 6.10 Å². The summed E-state index contributed by atoms with van der Waals surface area (Å²) < 4.78 is 5.04. The van der Waals surface area contributed by atoms with Crippen LogP contribution in [0.5, 0.6) is 0 Å². The molecule has 1 atom stereocenters. The Hall–Kier alpha value is -2.17. The normalized spacial score (nSPS) is 15.6. The zero-order chi connectivity index (χ0) is 17.0. The highest BCUT2D eigenvalue weighted by atomic mass is 16.6. The van der Waals surface area contributed by atoms with Gasteiger partial charge < -0.3 is 9.64 Å². The molecule has 0 spiro atoms. The Morgan fingerprint density at radius 3 is 2.09 bits per heavy atom. The first-order chi connectivity index (χ1) is 10.9. The number of hydrogen-bond acceptors (Lipinski definition) is 4. The summed E-state index contributed by atoms with van der Waals surface area (Å²) in [5.74, 6) is -1.59. The predicted molar refractivity (Wildman–Crippen MR) is 86.2 cm³/mol. The molecule has 5 nitrogen and oxygen atoms in total. The highest BCUT2D eigenvalue weighted by Gasteiger charge is 2.28. The van der Waals surface area contributed by atoms with E-state index in [1.165, 1.54) is 6.92 Å². The van der Waals surface area contributed by atoms with Crippen LogP contribution in [0.4, 0.5) is 0 Å². The van der Waals surface area contributed by atoms with Gasteiger partial charge in [0.05, 0.1) is 0 Å². The summed E-state index contributed by atoms with van der Waals surface area (Å²) in [4.78, 5) is 37.8. The topological polar surface area (TPSA) is 63.7 Å². The number of Topliss-reactive ketones (excluding diaryl/α,β-unsaturated/α-hetero) is 1. The molecule has 5 heteroatoms. The van der Waals surface area contributed by atoms with E-state index in [1.54, 1.807) is 17.0 Å². The molecule has 1 aliphatic rings. The second-order valence-electron chi connectivity index (χ2n) is 6.19. The van der Waals surface area contributed by atoms with Crippen LogP contribution < -0.4 is 0 Å². The second-order valence-corrected chi connectivity index (χ2v) is 6.19. The fraction of sp³-hybridized carbons (Fsp3) is 0.500. The van der Waals surface area contributed by atoms with Crippen LogP contribution in [0.1, 0.15) is 55.5 Å². The highest BCUT2D eigenvalue weighted by molar-refractivity contribution is 6.40. The summed E-state index contributed by atoms with van der Waals surface area (Å²) in [6.45, 7) is 6.98. The summed E-state index contributed by atoms with van der Waals surface area (Å²) in [6, 6.07) is 6.88. The molecule has 0 radical (unpaired) electrons. The summed E-state index contributed by atoms with van der Waals surface area (Å²) in [5, 5.41) is 0. The molecule has 0 bridgehead atoms. The van der Waals surface area contributed by atoms with Gasteiger partial charge in [-0.2, -0.15) is 0 Å². The molecule has 0 aromatic heterocycles. The third-order valence-corrected chi connectivity index (χ3v) is 4.07. The van der Waals surface area contributed by atoms with Crippen LogP contribution in [0, 0.1) is 0 Å². The first-order valence-corrected chi connectivity index (χ1v) is 8.04. The zero-order valence-corrected chi connectivity index (χ0v) is 13.9. The van der Waals surface area contributed by atoms with E-state index < -0.39 is 17.9 Å². The van der Waals surface area contributed by atoms with Gasteiger partial charge in [-0.15, -0.1) is 0 Å². The lowest BCUT2D eigenvalue weighted by atomic mass is 10.0. The van der Waals surface area contributed by atoms with Crippen molar-refractivity contribution < 1.29 is 19.1 Å². The number of hydrogen-bond donors (Lipinski definition) is 0. The first kappa shape index (κ1) is 17.2. The number of carbonyl (C=O) groups is 3. The fourth-order valence-corrected chi connectivity index (χ4v) is 2.60. The maximum Gasteiger partial charge on any atom is 0.380 e. The molecular weight excluding hydrogens is 294 g/mol. The smallest absolute Gasteiger partial charge is 0.380 e. The maximum absolute atomic E-state index is 12.1. The fourth-order valence-electron chi connectivity index (χ4n) is 2.60. The predicted octanol–water partition coefficient (Wildman–Crippen LogP) is 2.55. The molecular formula is C18H23NO4. The van der Waals surface area contributed by atoms with E-state index in [2.05, 4.69) is 13.8 Å². The number of nitrogens with zero attached hydrogens (tertiary/aromatic N) is 1. The van der Waals surface area contributed by atoms with Crippen LogP contribution in [-0.4, -0.2) is 41.8 Å². The van der Waals surface area contributed by atoms with E-state index in [9.17, 15) is 14.4 Å². The number of likely N-dealkylation sites (tertiary alicyclic amines) is 1. The summed E-state index contributed by atoms with van der Waals surface area (Å²) >= 11 is 0. The monoisotopic (exact) mass is 317 g/mol. The van der Waals surface area contributed by atoms with Gasteiger partial charge in [-0.25, -0.2) is 4.79 Å². The molecule has 0 N–H and O–H groups in total. The standard InChI is InChI=1S/C18H23NO4/c1-12(2)14-6-8-15(9-7-14)16(20)18(22)23-13(3)17(21)19-10-4-5-11-19/h6-9,12-13H,4-5,10-11H2,1-3H3. The molecule has 23 heavy (non-hydrogen) atoms. The molecule has 1 aliphatic heterocycles. The quantitative estimate of drug-likeness (QED) is 0.475. The van der Waals surface area contributed by atoms with E-state index in [0.717, 1.165) is 18.4 Å². The van der Waals surface area contributed by atoms with E-state index >= 15 is 0 Å². The molecule has 1 aromatic rings. The third kappa shape index (κ3) is 4.18. The van der Waals surface area contributed by atoms with Crippen molar-refractivity contribution in [2.24, 2.45) is 0 Å². The van der Waals surface area contributed by atoms with Crippen molar-refractivity contribution in [1.82, 2.24) is 4.90 Å². The largest absolute Gasteiger partial charge is 0.447 e. The number of ether oxygens (including phenoxy) is 1. The van der Waals surface area contributed by atoms with E-state index in [1.807, 2.05) is 12.1 Å². The SMILES string of the molecule is CC(OC(=O)C(=O)c1ccc(C(C)C)cc1)C(=O)N1CCCC1. The average Bonchev–Trinajstić information content (AvgIpc) is 3.07. The molecule has 1 heterocycles. The Morgan fingerprint density at radius 2 is 1.57 bits per heavy atom. The van der Waals surface area contributed by atoms with Crippen LogP contribution in [-0.2, 0) is 14.3 Å². The molecule has 0 saturated carbocycles. The van der Waals surface area contributed by atoms with Crippen molar-refractivity contribution >= 4 is 17.7 Å². The van der Waals surface area contributed by atoms with Gasteiger partial charge in [0.1, 0.15) is 0 Å². The van der Waals surface area contributed by atoms with Crippen molar-refractivity contribution in [3.63, 3.8) is 0 Å². The van der Waals surface area contributed by atoms with Gasteiger partial charge in [-0.3, -0.25) is 9.59 Å². The van der Waals surface area contributed by atoms with Crippen molar-refractivity contribution in [2.75, 3.05) is 13.1 Å². The molecule has 124 valence electrons. The van der Waals surface area contributed by atoms with Crippen molar-refractivity contribution in [2.45, 2.75) is 45.6 Å². The molecule has 0 aliphatic carbocycles.